The Hall–Kier alpha value is -1.60. The molecule has 0 heterocycles. The van der Waals surface area contributed by atoms with E-state index < -0.39 is 10.0 Å². The average molecular weight is 301 g/mol. The van der Waals surface area contributed by atoms with E-state index in [0.29, 0.717) is 12.2 Å². The fourth-order valence-electron chi connectivity index (χ4n) is 1.61. The number of nitrogens with zero attached hydrogens (tertiary/aromatic N) is 1. The Morgan fingerprint density at radius 1 is 1.30 bits per heavy atom. The van der Waals surface area contributed by atoms with Crippen LogP contribution in [0.15, 0.2) is 29.2 Å². The van der Waals surface area contributed by atoms with Crippen molar-refractivity contribution >= 4 is 16.0 Å². The lowest BCUT2D eigenvalue weighted by molar-refractivity contribution is -0.140. The first-order chi connectivity index (χ1) is 9.41. The topological polar surface area (TPSA) is 72.9 Å². The van der Waals surface area contributed by atoms with Crippen LogP contribution in [0, 0.1) is 0 Å². The number of esters is 1. The number of rotatable bonds is 7. The summed E-state index contributed by atoms with van der Waals surface area (Å²) in [7, 11) is 0.686. The molecule has 1 aromatic rings. The Balaban J connectivity index is 2.74. The zero-order valence-corrected chi connectivity index (χ0v) is 12.6. The van der Waals surface area contributed by atoms with Crippen molar-refractivity contribution < 1.29 is 22.7 Å². The largest absolute Gasteiger partial charge is 0.497 e. The number of hydrogen-bond acceptors (Lipinski definition) is 5. The third-order valence-electron chi connectivity index (χ3n) is 2.83. The molecule has 1 rings (SSSR count). The van der Waals surface area contributed by atoms with E-state index in [1.165, 1.54) is 37.7 Å². The van der Waals surface area contributed by atoms with E-state index in [0.717, 1.165) is 0 Å². The molecule has 0 N–H and O–H groups in total. The molecule has 0 aliphatic rings. The van der Waals surface area contributed by atoms with Crippen molar-refractivity contribution in [2.24, 2.45) is 0 Å². The molecule has 112 valence electrons. The van der Waals surface area contributed by atoms with Crippen molar-refractivity contribution in [2.75, 3.05) is 27.8 Å². The smallest absolute Gasteiger partial charge is 0.305 e. The quantitative estimate of drug-likeness (QED) is 0.709. The van der Waals surface area contributed by atoms with Crippen LogP contribution in [0.1, 0.15) is 12.8 Å². The molecule has 0 aromatic heterocycles. The van der Waals surface area contributed by atoms with Gasteiger partial charge in [0.05, 0.1) is 19.1 Å². The van der Waals surface area contributed by atoms with Crippen molar-refractivity contribution in [3.8, 4) is 5.75 Å². The number of carbonyl (C=O) groups is 1. The van der Waals surface area contributed by atoms with Gasteiger partial charge in [-0.3, -0.25) is 4.79 Å². The van der Waals surface area contributed by atoms with Crippen LogP contribution in [0.5, 0.6) is 5.75 Å². The number of benzene rings is 1. The molecule has 0 aliphatic carbocycles. The molecule has 0 saturated heterocycles. The second-order valence-corrected chi connectivity index (χ2v) is 6.23. The molecule has 0 atom stereocenters. The van der Waals surface area contributed by atoms with Crippen molar-refractivity contribution in [3.05, 3.63) is 24.3 Å². The maximum Gasteiger partial charge on any atom is 0.305 e. The summed E-state index contributed by atoms with van der Waals surface area (Å²) in [5, 5.41) is 0. The minimum absolute atomic E-state index is 0.164. The number of carbonyl (C=O) groups excluding carboxylic acids is 1. The maximum absolute atomic E-state index is 12.3. The molecule has 7 heteroatoms. The van der Waals surface area contributed by atoms with Gasteiger partial charge in [-0.2, -0.15) is 0 Å². The normalized spacial score (nSPS) is 11.4. The zero-order chi connectivity index (χ0) is 15.2. The van der Waals surface area contributed by atoms with Gasteiger partial charge >= 0.3 is 5.97 Å². The van der Waals surface area contributed by atoms with Crippen LogP contribution in [0.2, 0.25) is 0 Å². The molecule has 0 aliphatic heterocycles. The lowest BCUT2D eigenvalue weighted by Crippen LogP contribution is -2.28. The monoisotopic (exact) mass is 301 g/mol. The van der Waals surface area contributed by atoms with E-state index >= 15 is 0 Å². The van der Waals surface area contributed by atoms with Crippen LogP contribution in [0.3, 0.4) is 0 Å². The van der Waals surface area contributed by atoms with Gasteiger partial charge in [-0.05, 0) is 18.6 Å². The highest BCUT2D eigenvalue weighted by molar-refractivity contribution is 7.89. The summed E-state index contributed by atoms with van der Waals surface area (Å²) >= 11 is 0. The fourth-order valence-corrected chi connectivity index (χ4v) is 2.85. The van der Waals surface area contributed by atoms with Crippen LogP contribution in [-0.2, 0) is 19.6 Å². The highest BCUT2D eigenvalue weighted by Gasteiger charge is 2.21. The Morgan fingerprint density at radius 2 is 2.00 bits per heavy atom. The van der Waals surface area contributed by atoms with Gasteiger partial charge in [-0.25, -0.2) is 12.7 Å². The average Bonchev–Trinajstić information content (AvgIpc) is 2.46. The molecule has 0 unspecified atom stereocenters. The summed E-state index contributed by atoms with van der Waals surface area (Å²) in [4.78, 5) is 11.2. The highest BCUT2D eigenvalue weighted by atomic mass is 32.2. The van der Waals surface area contributed by atoms with Gasteiger partial charge in [-0.1, -0.05) is 6.07 Å². The van der Waals surface area contributed by atoms with E-state index in [4.69, 9.17) is 4.74 Å². The van der Waals surface area contributed by atoms with E-state index in [-0.39, 0.29) is 23.8 Å². The van der Waals surface area contributed by atoms with Crippen molar-refractivity contribution in [3.63, 3.8) is 0 Å². The maximum atomic E-state index is 12.3. The van der Waals surface area contributed by atoms with Crippen molar-refractivity contribution in [2.45, 2.75) is 17.7 Å². The molecule has 0 radical (unpaired) electrons. The fraction of sp³-hybridized carbons (Fsp3) is 0.462. The van der Waals surface area contributed by atoms with Gasteiger partial charge in [0, 0.05) is 26.1 Å². The van der Waals surface area contributed by atoms with Crippen LogP contribution < -0.4 is 4.74 Å². The number of methoxy groups -OCH3 is 2. The van der Waals surface area contributed by atoms with Crippen LogP contribution in [0.4, 0.5) is 0 Å². The Kier molecular flexibility index (Phi) is 5.97. The molecular formula is C13H19NO5S. The molecule has 6 nitrogen and oxygen atoms in total. The third-order valence-corrected chi connectivity index (χ3v) is 4.68. The van der Waals surface area contributed by atoms with E-state index in [2.05, 4.69) is 4.74 Å². The second-order valence-electron chi connectivity index (χ2n) is 4.19. The second kappa shape index (κ2) is 7.25. The first-order valence-corrected chi connectivity index (χ1v) is 7.53. The molecule has 1 aromatic carbocycles. The van der Waals surface area contributed by atoms with Crippen LogP contribution in [0.25, 0.3) is 0 Å². The van der Waals surface area contributed by atoms with E-state index in [1.807, 2.05) is 0 Å². The minimum atomic E-state index is -3.58. The number of hydrogen-bond donors (Lipinski definition) is 0. The first-order valence-electron chi connectivity index (χ1n) is 6.09. The standard InChI is InChI=1S/C13H19NO5S/c1-14(9-5-8-13(15)19-3)20(16,17)12-7-4-6-11(10-12)18-2/h4,6-7,10H,5,8-9H2,1-3H3. The third kappa shape index (κ3) is 4.21. The SMILES string of the molecule is COC(=O)CCCN(C)S(=O)(=O)c1cccc(OC)c1. The van der Waals surface area contributed by atoms with Gasteiger partial charge in [0.15, 0.2) is 0 Å². The predicted molar refractivity (Wildman–Crippen MR) is 74.1 cm³/mol. The zero-order valence-electron chi connectivity index (χ0n) is 11.8. The van der Waals surface area contributed by atoms with Crippen LogP contribution >= 0.6 is 0 Å². The first kappa shape index (κ1) is 16.5. The van der Waals surface area contributed by atoms with Crippen molar-refractivity contribution in [1.82, 2.24) is 4.31 Å². The Morgan fingerprint density at radius 3 is 2.60 bits per heavy atom. The van der Waals surface area contributed by atoms with Crippen molar-refractivity contribution in [1.29, 1.82) is 0 Å². The molecule has 0 bridgehead atoms. The highest BCUT2D eigenvalue weighted by Crippen LogP contribution is 2.20. The number of sulfonamides is 1. The lowest BCUT2D eigenvalue weighted by Gasteiger charge is -2.17. The molecule has 20 heavy (non-hydrogen) atoms. The summed E-state index contributed by atoms with van der Waals surface area (Å²) in [6.07, 6.45) is 0.598. The van der Waals surface area contributed by atoms with Crippen LogP contribution in [-0.4, -0.2) is 46.5 Å². The predicted octanol–water partition coefficient (Wildman–Crippen LogP) is 1.27. The summed E-state index contributed by atoms with van der Waals surface area (Å²) in [6, 6.07) is 6.27. The lowest BCUT2D eigenvalue weighted by atomic mass is 10.3. The summed E-state index contributed by atoms with van der Waals surface area (Å²) in [5.74, 6) is 0.131. The molecule has 0 spiro atoms. The van der Waals surface area contributed by atoms with Gasteiger partial charge < -0.3 is 9.47 Å². The van der Waals surface area contributed by atoms with Gasteiger partial charge in [0.2, 0.25) is 10.0 Å². The van der Waals surface area contributed by atoms with Gasteiger partial charge in [0.1, 0.15) is 5.75 Å². The molecule has 0 amide bonds. The Bertz CT molecular complexity index is 556. The summed E-state index contributed by atoms with van der Waals surface area (Å²) < 4.78 is 35.3. The molecular weight excluding hydrogens is 282 g/mol. The number of ether oxygens (including phenoxy) is 2. The molecule has 0 saturated carbocycles. The Labute approximate surface area is 119 Å². The van der Waals surface area contributed by atoms with Gasteiger partial charge in [0.25, 0.3) is 0 Å². The van der Waals surface area contributed by atoms with E-state index in [1.54, 1.807) is 12.1 Å². The minimum Gasteiger partial charge on any atom is -0.497 e. The summed E-state index contributed by atoms with van der Waals surface area (Å²) in [5.41, 5.74) is 0. The van der Waals surface area contributed by atoms with Gasteiger partial charge in [-0.15, -0.1) is 0 Å². The molecule has 0 fully saturated rings. The summed E-state index contributed by atoms with van der Waals surface area (Å²) in [6.45, 7) is 0.245. The van der Waals surface area contributed by atoms with E-state index in [9.17, 15) is 13.2 Å².